The van der Waals surface area contributed by atoms with Crippen LogP contribution in [0.1, 0.15) is 26.3 Å². The van der Waals surface area contributed by atoms with E-state index in [9.17, 15) is 13.2 Å². The van der Waals surface area contributed by atoms with Crippen molar-refractivity contribution in [2.24, 2.45) is 5.14 Å². The molecular formula is C13H20N2O4S. The summed E-state index contributed by atoms with van der Waals surface area (Å²) in [6, 6.07) is 4.36. The van der Waals surface area contributed by atoms with Crippen LogP contribution in [-0.4, -0.2) is 26.5 Å². The number of aryl methyl sites for hydroxylation is 1. The first-order valence-electron chi connectivity index (χ1n) is 6.06. The van der Waals surface area contributed by atoms with E-state index in [4.69, 9.17) is 9.88 Å². The largest absolute Gasteiger partial charge is 0.484 e. The van der Waals surface area contributed by atoms with Crippen molar-refractivity contribution in [1.29, 1.82) is 0 Å². The van der Waals surface area contributed by atoms with Gasteiger partial charge in [0, 0.05) is 5.54 Å². The zero-order valence-electron chi connectivity index (χ0n) is 12.1. The first-order valence-corrected chi connectivity index (χ1v) is 7.61. The summed E-state index contributed by atoms with van der Waals surface area (Å²) in [6.07, 6.45) is 0. The Labute approximate surface area is 119 Å². The minimum absolute atomic E-state index is 0.0454. The maximum Gasteiger partial charge on any atom is 0.258 e. The summed E-state index contributed by atoms with van der Waals surface area (Å²) in [6.45, 7) is 7.09. The number of sulfonamides is 1. The van der Waals surface area contributed by atoms with E-state index >= 15 is 0 Å². The van der Waals surface area contributed by atoms with Crippen LogP contribution in [0.3, 0.4) is 0 Å². The molecule has 112 valence electrons. The predicted octanol–water partition coefficient (Wildman–Crippen LogP) is 0.936. The highest BCUT2D eigenvalue weighted by atomic mass is 32.2. The lowest BCUT2D eigenvalue weighted by Crippen LogP contribution is -2.43. The SMILES string of the molecule is Cc1cc(OCC(=O)NC(C)(C)C)ccc1S(N)(=O)=O. The van der Waals surface area contributed by atoms with Crippen LogP contribution in [0.4, 0.5) is 0 Å². The van der Waals surface area contributed by atoms with Crippen LogP contribution in [0.5, 0.6) is 5.75 Å². The number of amides is 1. The van der Waals surface area contributed by atoms with Gasteiger partial charge in [-0.05, 0) is 51.5 Å². The molecule has 0 spiro atoms. The molecule has 0 aliphatic rings. The van der Waals surface area contributed by atoms with Gasteiger partial charge in [-0.15, -0.1) is 0 Å². The first-order chi connectivity index (χ1) is 8.99. The van der Waals surface area contributed by atoms with E-state index in [2.05, 4.69) is 5.32 Å². The van der Waals surface area contributed by atoms with E-state index in [1.807, 2.05) is 20.8 Å². The Bertz CT molecular complexity index is 603. The van der Waals surface area contributed by atoms with E-state index in [1.54, 1.807) is 6.92 Å². The Hall–Kier alpha value is -1.60. The highest BCUT2D eigenvalue weighted by Crippen LogP contribution is 2.20. The monoisotopic (exact) mass is 300 g/mol. The summed E-state index contributed by atoms with van der Waals surface area (Å²) in [7, 11) is -3.74. The zero-order valence-corrected chi connectivity index (χ0v) is 12.9. The Kier molecular flexibility index (Phi) is 4.77. The number of hydrogen-bond acceptors (Lipinski definition) is 4. The fourth-order valence-electron chi connectivity index (χ4n) is 1.63. The van der Waals surface area contributed by atoms with Crippen LogP contribution in [0, 0.1) is 6.92 Å². The van der Waals surface area contributed by atoms with E-state index < -0.39 is 10.0 Å². The molecule has 0 atom stereocenters. The number of ether oxygens (including phenoxy) is 1. The third-order valence-corrected chi connectivity index (χ3v) is 3.41. The first kappa shape index (κ1) is 16.5. The number of primary sulfonamides is 1. The Morgan fingerprint density at radius 3 is 2.40 bits per heavy atom. The molecule has 1 rings (SSSR count). The fraction of sp³-hybridized carbons (Fsp3) is 0.462. The average molecular weight is 300 g/mol. The summed E-state index contributed by atoms with van der Waals surface area (Å²) in [5.41, 5.74) is 0.148. The van der Waals surface area contributed by atoms with Crippen LogP contribution in [0.15, 0.2) is 23.1 Å². The Morgan fingerprint density at radius 2 is 1.95 bits per heavy atom. The fourth-order valence-corrected chi connectivity index (χ4v) is 2.40. The topological polar surface area (TPSA) is 98.5 Å². The predicted molar refractivity (Wildman–Crippen MR) is 75.9 cm³/mol. The van der Waals surface area contributed by atoms with Gasteiger partial charge in [-0.25, -0.2) is 13.6 Å². The second kappa shape index (κ2) is 5.80. The normalized spacial score (nSPS) is 12.1. The maximum atomic E-state index is 11.6. The van der Waals surface area contributed by atoms with Crippen LogP contribution < -0.4 is 15.2 Å². The highest BCUT2D eigenvalue weighted by molar-refractivity contribution is 7.89. The average Bonchev–Trinajstić information content (AvgIpc) is 2.22. The highest BCUT2D eigenvalue weighted by Gasteiger charge is 2.15. The minimum Gasteiger partial charge on any atom is -0.484 e. The van der Waals surface area contributed by atoms with E-state index in [-0.39, 0.29) is 22.9 Å². The number of nitrogens with two attached hydrogens (primary N) is 1. The lowest BCUT2D eigenvalue weighted by atomic mass is 10.1. The van der Waals surface area contributed by atoms with Crippen LogP contribution in [0.2, 0.25) is 0 Å². The molecule has 0 heterocycles. The van der Waals surface area contributed by atoms with Crippen LogP contribution in [-0.2, 0) is 14.8 Å². The molecule has 1 amide bonds. The van der Waals surface area contributed by atoms with Gasteiger partial charge in [-0.1, -0.05) is 0 Å². The molecule has 1 aromatic rings. The number of rotatable bonds is 4. The molecule has 0 saturated carbocycles. The molecule has 0 radical (unpaired) electrons. The standard InChI is InChI=1S/C13H20N2O4S/c1-9-7-10(5-6-11(9)20(14,17)18)19-8-12(16)15-13(2,3)4/h5-7H,8H2,1-4H3,(H,15,16)(H2,14,17,18). The molecule has 20 heavy (non-hydrogen) atoms. The summed E-state index contributed by atoms with van der Waals surface area (Å²) in [4.78, 5) is 11.6. The van der Waals surface area contributed by atoms with Crippen molar-refractivity contribution in [3.05, 3.63) is 23.8 Å². The molecule has 0 saturated heterocycles. The van der Waals surface area contributed by atoms with Crippen molar-refractivity contribution in [2.45, 2.75) is 38.1 Å². The lowest BCUT2D eigenvalue weighted by molar-refractivity contribution is -0.124. The van der Waals surface area contributed by atoms with Crippen LogP contribution in [0.25, 0.3) is 0 Å². The van der Waals surface area contributed by atoms with Crippen molar-refractivity contribution >= 4 is 15.9 Å². The van der Waals surface area contributed by atoms with E-state index in [0.29, 0.717) is 11.3 Å². The quantitative estimate of drug-likeness (QED) is 0.864. The van der Waals surface area contributed by atoms with Crippen molar-refractivity contribution in [2.75, 3.05) is 6.61 Å². The molecule has 0 aliphatic carbocycles. The second-order valence-corrected chi connectivity index (χ2v) is 7.09. The van der Waals surface area contributed by atoms with Crippen molar-refractivity contribution < 1.29 is 17.9 Å². The lowest BCUT2D eigenvalue weighted by Gasteiger charge is -2.20. The number of nitrogens with one attached hydrogen (secondary N) is 1. The molecule has 0 unspecified atom stereocenters. The molecule has 0 aromatic heterocycles. The number of benzene rings is 1. The molecule has 1 aromatic carbocycles. The third-order valence-electron chi connectivity index (χ3n) is 2.34. The van der Waals surface area contributed by atoms with Crippen molar-refractivity contribution in [3.8, 4) is 5.75 Å². The third kappa shape index (κ3) is 5.18. The van der Waals surface area contributed by atoms with Gasteiger partial charge in [0.15, 0.2) is 6.61 Å². The Morgan fingerprint density at radius 1 is 1.35 bits per heavy atom. The van der Waals surface area contributed by atoms with Gasteiger partial charge >= 0.3 is 0 Å². The summed E-state index contributed by atoms with van der Waals surface area (Å²) < 4.78 is 27.8. The molecule has 3 N–H and O–H groups in total. The van der Waals surface area contributed by atoms with Crippen molar-refractivity contribution in [1.82, 2.24) is 5.32 Å². The smallest absolute Gasteiger partial charge is 0.258 e. The van der Waals surface area contributed by atoms with Gasteiger partial charge in [0.25, 0.3) is 5.91 Å². The van der Waals surface area contributed by atoms with E-state index in [1.165, 1.54) is 18.2 Å². The van der Waals surface area contributed by atoms with Gasteiger partial charge < -0.3 is 10.1 Å². The Balaban J connectivity index is 2.72. The van der Waals surface area contributed by atoms with Crippen LogP contribution >= 0.6 is 0 Å². The minimum atomic E-state index is -3.74. The number of carbonyl (C=O) groups is 1. The summed E-state index contributed by atoms with van der Waals surface area (Å²) >= 11 is 0. The molecule has 0 aliphatic heterocycles. The second-order valence-electron chi connectivity index (χ2n) is 5.56. The summed E-state index contributed by atoms with van der Waals surface area (Å²) in [5.74, 6) is 0.171. The van der Waals surface area contributed by atoms with Crippen molar-refractivity contribution in [3.63, 3.8) is 0 Å². The molecule has 7 heteroatoms. The molecular weight excluding hydrogens is 280 g/mol. The number of carbonyl (C=O) groups excluding carboxylic acids is 1. The van der Waals surface area contributed by atoms with Gasteiger partial charge in [-0.3, -0.25) is 4.79 Å². The number of hydrogen-bond donors (Lipinski definition) is 2. The van der Waals surface area contributed by atoms with Gasteiger partial charge in [-0.2, -0.15) is 0 Å². The summed E-state index contributed by atoms with van der Waals surface area (Å²) in [5, 5.41) is 7.83. The van der Waals surface area contributed by atoms with Gasteiger partial charge in [0.1, 0.15) is 5.75 Å². The maximum absolute atomic E-state index is 11.6. The molecule has 0 bridgehead atoms. The molecule has 0 fully saturated rings. The van der Waals surface area contributed by atoms with Gasteiger partial charge in [0.05, 0.1) is 4.90 Å². The van der Waals surface area contributed by atoms with E-state index in [0.717, 1.165) is 0 Å². The zero-order chi connectivity index (χ0) is 15.6. The molecule has 6 nitrogen and oxygen atoms in total. The van der Waals surface area contributed by atoms with Gasteiger partial charge in [0.2, 0.25) is 10.0 Å².